The average molecular weight is 269 g/mol. The molecule has 106 valence electrons. The van der Waals surface area contributed by atoms with Gasteiger partial charge in [-0.1, -0.05) is 26.7 Å². The Kier molecular flexibility index (Phi) is 3.41. The van der Waals surface area contributed by atoms with Crippen molar-refractivity contribution in [2.24, 2.45) is 5.41 Å². The van der Waals surface area contributed by atoms with E-state index in [0.29, 0.717) is 11.6 Å². The van der Waals surface area contributed by atoms with E-state index in [1.807, 2.05) is 6.07 Å². The second-order valence-corrected chi connectivity index (χ2v) is 6.89. The van der Waals surface area contributed by atoms with Crippen LogP contribution in [-0.2, 0) is 12.8 Å². The predicted octanol–water partition coefficient (Wildman–Crippen LogP) is 3.82. The molecule has 0 radical (unpaired) electrons. The van der Waals surface area contributed by atoms with Crippen LogP contribution in [0.5, 0.6) is 0 Å². The average Bonchev–Trinajstić information content (AvgIpc) is 2.87. The maximum absolute atomic E-state index is 9.38. The Labute approximate surface area is 121 Å². The molecule has 0 aromatic carbocycles. The number of hydrogen-bond acceptors (Lipinski definition) is 3. The molecule has 1 fully saturated rings. The van der Waals surface area contributed by atoms with Crippen molar-refractivity contribution in [1.82, 2.24) is 4.98 Å². The number of hydrogen-bond donors (Lipinski definition) is 1. The van der Waals surface area contributed by atoms with Crippen LogP contribution >= 0.6 is 0 Å². The Balaban J connectivity index is 1.89. The summed E-state index contributed by atoms with van der Waals surface area (Å²) in [6.07, 6.45) is 8.32. The molecule has 1 aromatic heterocycles. The van der Waals surface area contributed by atoms with Crippen LogP contribution in [0.1, 0.15) is 62.8 Å². The Morgan fingerprint density at radius 2 is 2.15 bits per heavy atom. The highest BCUT2D eigenvalue weighted by Crippen LogP contribution is 2.37. The molecule has 3 heteroatoms. The summed E-state index contributed by atoms with van der Waals surface area (Å²) >= 11 is 0. The van der Waals surface area contributed by atoms with Crippen molar-refractivity contribution in [3.05, 3.63) is 22.9 Å². The summed E-state index contributed by atoms with van der Waals surface area (Å²) in [6.45, 7) is 4.65. The van der Waals surface area contributed by atoms with Gasteiger partial charge in [0.1, 0.15) is 11.9 Å². The standard InChI is InChI=1S/C17H23N3/c1-17(2)9-4-3-8-15(17)20-16-13(11-18)10-12-6-5-7-14(12)19-16/h10,15H,3-9H2,1-2H3,(H,19,20). The van der Waals surface area contributed by atoms with Gasteiger partial charge in [0.25, 0.3) is 0 Å². The number of anilines is 1. The van der Waals surface area contributed by atoms with Crippen LogP contribution in [0, 0.1) is 16.7 Å². The summed E-state index contributed by atoms with van der Waals surface area (Å²) < 4.78 is 0. The highest BCUT2D eigenvalue weighted by atomic mass is 15.0. The first-order chi connectivity index (χ1) is 9.60. The molecule has 20 heavy (non-hydrogen) atoms. The van der Waals surface area contributed by atoms with E-state index >= 15 is 0 Å². The molecule has 1 heterocycles. The molecule has 0 saturated heterocycles. The quantitative estimate of drug-likeness (QED) is 0.887. The minimum atomic E-state index is 0.283. The van der Waals surface area contributed by atoms with Crippen molar-refractivity contribution in [2.75, 3.05) is 5.32 Å². The summed E-state index contributed by atoms with van der Waals surface area (Å²) in [4.78, 5) is 4.75. The number of fused-ring (bicyclic) bond motifs is 1. The molecular weight excluding hydrogens is 246 g/mol. The number of nitrogens with zero attached hydrogens (tertiary/aromatic N) is 2. The van der Waals surface area contributed by atoms with Gasteiger partial charge >= 0.3 is 0 Å². The predicted molar refractivity (Wildman–Crippen MR) is 80.6 cm³/mol. The first kappa shape index (κ1) is 13.4. The van der Waals surface area contributed by atoms with E-state index < -0.39 is 0 Å². The molecule has 1 saturated carbocycles. The third kappa shape index (κ3) is 2.40. The van der Waals surface area contributed by atoms with Gasteiger partial charge in [0, 0.05) is 11.7 Å². The van der Waals surface area contributed by atoms with Crippen LogP contribution in [0.3, 0.4) is 0 Å². The van der Waals surface area contributed by atoms with Gasteiger partial charge in [-0.2, -0.15) is 5.26 Å². The zero-order valence-electron chi connectivity index (χ0n) is 12.5. The maximum Gasteiger partial charge on any atom is 0.144 e. The number of aryl methyl sites for hydroxylation is 2. The van der Waals surface area contributed by atoms with E-state index in [1.54, 1.807) is 0 Å². The molecule has 1 atom stereocenters. The van der Waals surface area contributed by atoms with Crippen molar-refractivity contribution < 1.29 is 0 Å². The molecule has 0 bridgehead atoms. The molecule has 0 spiro atoms. The number of rotatable bonds is 2. The Bertz CT molecular complexity index is 554. The fourth-order valence-electron chi connectivity index (χ4n) is 3.59. The second-order valence-electron chi connectivity index (χ2n) is 6.89. The Hall–Kier alpha value is -1.56. The van der Waals surface area contributed by atoms with Crippen LogP contribution in [0.4, 0.5) is 5.82 Å². The van der Waals surface area contributed by atoms with E-state index in [0.717, 1.165) is 18.7 Å². The third-order valence-electron chi connectivity index (χ3n) is 4.99. The number of nitrogens with one attached hydrogen (secondary N) is 1. The normalized spacial score (nSPS) is 23.9. The fraction of sp³-hybridized carbons (Fsp3) is 0.647. The molecule has 1 aromatic rings. The van der Waals surface area contributed by atoms with Gasteiger partial charge in [0.2, 0.25) is 0 Å². The molecule has 2 aliphatic rings. The lowest BCUT2D eigenvalue weighted by Gasteiger charge is -2.39. The van der Waals surface area contributed by atoms with Crippen molar-refractivity contribution in [3.8, 4) is 6.07 Å². The highest BCUT2D eigenvalue weighted by Gasteiger charge is 2.33. The Morgan fingerprint density at radius 3 is 2.90 bits per heavy atom. The molecule has 1 unspecified atom stereocenters. The zero-order chi connectivity index (χ0) is 14.2. The Morgan fingerprint density at radius 1 is 1.30 bits per heavy atom. The van der Waals surface area contributed by atoms with Gasteiger partial charge in [-0.3, -0.25) is 0 Å². The number of nitriles is 1. The molecule has 3 rings (SSSR count). The molecule has 1 N–H and O–H groups in total. The van der Waals surface area contributed by atoms with Crippen LogP contribution in [0.2, 0.25) is 0 Å². The SMILES string of the molecule is CC1(C)CCCCC1Nc1nc2c(cc1C#N)CCC2. The van der Waals surface area contributed by atoms with Gasteiger partial charge in [-0.05, 0) is 49.1 Å². The van der Waals surface area contributed by atoms with Gasteiger partial charge < -0.3 is 5.32 Å². The number of pyridine rings is 1. The molecular formula is C17H23N3. The lowest BCUT2D eigenvalue weighted by atomic mass is 9.73. The summed E-state index contributed by atoms with van der Waals surface area (Å²) in [5, 5.41) is 13.0. The van der Waals surface area contributed by atoms with E-state index in [2.05, 4.69) is 25.2 Å². The minimum Gasteiger partial charge on any atom is -0.366 e. The summed E-state index contributed by atoms with van der Waals surface area (Å²) in [6, 6.07) is 4.79. The highest BCUT2D eigenvalue weighted by molar-refractivity contribution is 5.55. The van der Waals surface area contributed by atoms with Crippen LogP contribution in [-0.4, -0.2) is 11.0 Å². The van der Waals surface area contributed by atoms with E-state index in [9.17, 15) is 5.26 Å². The lowest BCUT2D eigenvalue weighted by molar-refractivity contribution is 0.216. The zero-order valence-corrected chi connectivity index (χ0v) is 12.5. The smallest absolute Gasteiger partial charge is 0.144 e. The van der Waals surface area contributed by atoms with Gasteiger partial charge in [-0.25, -0.2) is 4.98 Å². The monoisotopic (exact) mass is 269 g/mol. The van der Waals surface area contributed by atoms with Crippen molar-refractivity contribution in [1.29, 1.82) is 5.26 Å². The largest absolute Gasteiger partial charge is 0.366 e. The number of aromatic nitrogens is 1. The minimum absolute atomic E-state index is 0.283. The van der Waals surface area contributed by atoms with Gasteiger partial charge in [-0.15, -0.1) is 0 Å². The third-order valence-corrected chi connectivity index (χ3v) is 4.99. The summed E-state index contributed by atoms with van der Waals surface area (Å²) in [5.74, 6) is 0.813. The first-order valence-electron chi connectivity index (χ1n) is 7.79. The van der Waals surface area contributed by atoms with Crippen LogP contribution < -0.4 is 5.32 Å². The molecule has 2 aliphatic carbocycles. The van der Waals surface area contributed by atoms with Crippen molar-refractivity contribution in [2.45, 2.75) is 64.8 Å². The fourth-order valence-corrected chi connectivity index (χ4v) is 3.59. The van der Waals surface area contributed by atoms with Gasteiger partial charge in [0.05, 0.1) is 5.56 Å². The molecule has 3 nitrogen and oxygen atoms in total. The van der Waals surface area contributed by atoms with Gasteiger partial charge in [0.15, 0.2) is 0 Å². The van der Waals surface area contributed by atoms with E-state index in [-0.39, 0.29) is 5.41 Å². The molecule has 0 aliphatic heterocycles. The first-order valence-corrected chi connectivity index (χ1v) is 7.79. The summed E-state index contributed by atoms with van der Waals surface area (Å²) in [5.41, 5.74) is 3.47. The van der Waals surface area contributed by atoms with E-state index in [4.69, 9.17) is 4.98 Å². The van der Waals surface area contributed by atoms with E-state index in [1.165, 1.54) is 43.4 Å². The maximum atomic E-state index is 9.38. The van der Waals surface area contributed by atoms with Crippen molar-refractivity contribution in [3.63, 3.8) is 0 Å². The van der Waals surface area contributed by atoms with Crippen LogP contribution in [0.15, 0.2) is 6.07 Å². The lowest BCUT2D eigenvalue weighted by Crippen LogP contribution is -2.39. The topological polar surface area (TPSA) is 48.7 Å². The second kappa shape index (κ2) is 5.09. The summed E-state index contributed by atoms with van der Waals surface area (Å²) in [7, 11) is 0. The van der Waals surface area contributed by atoms with Crippen molar-refractivity contribution >= 4 is 5.82 Å². The molecule has 0 amide bonds. The van der Waals surface area contributed by atoms with Crippen LogP contribution in [0.25, 0.3) is 0 Å².